The average molecular weight is 536 g/mol. The van der Waals surface area contributed by atoms with Gasteiger partial charge in [-0.15, -0.1) is 0 Å². The van der Waals surface area contributed by atoms with E-state index in [4.69, 9.17) is 26.4 Å². The number of hydrogen-bond donors (Lipinski definition) is 2. The number of rotatable bonds is 11. The summed E-state index contributed by atoms with van der Waals surface area (Å²) in [6.07, 6.45) is 6.83. The summed E-state index contributed by atoms with van der Waals surface area (Å²) in [5.41, 5.74) is 1.22. The molecule has 0 saturated carbocycles. The molecule has 0 aliphatic carbocycles. The van der Waals surface area contributed by atoms with Crippen LogP contribution in [0.3, 0.4) is 0 Å². The normalized spacial score (nSPS) is 15.2. The van der Waals surface area contributed by atoms with Gasteiger partial charge in [0, 0.05) is 23.9 Å². The van der Waals surface area contributed by atoms with Crippen LogP contribution in [0, 0.1) is 0 Å². The Balaban J connectivity index is 1.47. The molecule has 3 rings (SSSR count). The summed E-state index contributed by atoms with van der Waals surface area (Å²) in [6.45, 7) is 4.17. The highest BCUT2D eigenvalue weighted by Gasteiger charge is 2.16. The van der Waals surface area contributed by atoms with Crippen LogP contribution < -0.4 is 20.1 Å². The number of carbonyl (C=O) groups excluding carboxylic acids is 1. The van der Waals surface area contributed by atoms with Gasteiger partial charge in [-0.25, -0.2) is 0 Å². The quantitative estimate of drug-likeness (QED) is 0.268. The summed E-state index contributed by atoms with van der Waals surface area (Å²) in [6, 6.07) is 12.7. The van der Waals surface area contributed by atoms with E-state index in [9.17, 15) is 4.79 Å². The van der Waals surface area contributed by atoms with Crippen molar-refractivity contribution in [2.24, 2.45) is 0 Å². The zero-order valence-corrected chi connectivity index (χ0v) is 21.3. The number of carbonyl (C=O) groups is 1. The van der Waals surface area contributed by atoms with E-state index < -0.39 is 0 Å². The van der Waals surface area contributed by atoms with Crippen molar-refractivity contribution in [2.45, 2.75) is 51.6 Å². The summed E-state index contributed by atoms with van der Waals surface area (Å²) in [5, 5.41) is 5.96. The van der Waals surface area contributed by atoms with Gasteiger partial charge < -0.3 is 19.5 Å². The molecular weight excluding hydrogens is 504 g/mol. The fraction of sp³-hybridized carbons (Fsp3) is 0.440. The van der Waals surface area contributed by atoms with E-state index in [0.717, 1.165) is 53.9 Å². The van der Waals surface area contributed by atoms with Crippen molar-refractivity contribution in [3.8, 4) is 11.5 Å². The molecule has 2 aromatic rings. The lowest BCUT2D eigenvalue weighted by Gasteiger charge is -2.14. The Hall–Kier alpha value is -2.16. The lowest BCUT2D eigenvalue weighted by Crippen LogP contribution is -2.34. The van der Waals surface area contributed by atoms with Crippen LogP contribution >= 0.6 is 28.1 Å². The van der Waals surface area contributed by atoms with Gasteiger partial charge in [-0.3, -0.25) is 10.1 Å². The van der Waals surface area contributed by atoms with Crippen molar-refractivity contribution in [2.75, 3.05) is 25.1 Å². The summed E-state index contributed by atoms with van der Waals surface area (Å²) in [4.78, 5) is 12.6. The minimum atomic E-state index is -0.298. The third-order valence-corrected chi connectivity index (χ3v) is 6.05. The number of ether oxygens (including phenoxy) is 3. The van der Waals surface area contributed by atoms with E-state index in [1.165, 1.54) is 12.8 Å². The monoisotopic (exact) mass is 534 g/mol. The van der Waals surface area contributed by atoms with Crippen molar-refractivity contribution in [1.29, 1.82) is 0 Å². The Bertz CT molecular complexity index is 934. The molecule has 1 atom stereocenters. The molecule has 1 unspecified atom stereocenters. The Morgan fingerprint density at radius 3 is 2.82 bits per heavy atom. The molecule has 2 N–H and O–H groups in total. The summed E-state index contributed by atoms with van der Waals surface area (Å²) in [5.74, 6) is 1.15. The highest BCUT2D eigenvalue weighted by Crippen LogP contribution is 2.26. The highest BCUT2D eigenvalue weighted by molar-refractivity contribution is 9.10. The van der Waals surface area contributed by atoms with Crippen LogP contribution in [-0.4, -0.2) is 36.9 Å². The maximum absolute atomic E-state index is 12.6. The number of halogens is 1. The Labute approximate surface area is 209 Å². The van der Waals surface area contributed by atoms with Crippen LogP contribution in [0.5, 0.6) is 11.5 Å². The molecule has 0 bridgehead atoms. The van der Waals surface area contributed by atoms with Gasteiger partial charge in [0.1, 0.15) is 18.1 Å². The predicted molar refractivity (Wildman–Crippen MR) is 138 cm³/mol. The molecule has 1 heterocycles. The maximum atomic E-state index is 12.6. The second-order valence-electron chi connectivity index (χ2n) is 7.94. The first-order valence-electron chi connectivity index (χ1n) is 11.4. The standard InChI is InChI=1S/C25H31BrN2O4S/c1-2-3-4-5-13-31-23-12-11-18(15-22(23)26)24(29)28-25(33)27-19-8-6-9-20(16-19)32-17-21-10-7-14-30-21/h6,8-9,11-12,15-16,21H,2-5,7,10,13-14,17H2,1H3,(H2,27,28,29,33). The van der Waals surface area contributed by atoms with Crippen molar-refractivity contribution >= 4 is 44.9 Å². The van der Waals surface area contributed by atoms with E-state index in [-0.39, 0.29) is 17.1 Å². The number of hydrogen-bond acceptors (Lipinski definition) is 5. The number of nitrogens with one attached hydrogen (secondary N) is 2. The Morgan fingerprint density at radius 2 is 2.06 bits per heavy atom. The molecule has 0 radical (unpaired) electrons. The number of benzene rings is 2. The smallest absolute Gasteiger partial charge is 0.257 e. The zero-order chi connectivity index (χ0) is 23.5. The van der Waals surface area contributed by atoms with E-state index in [2.05, 4.69) is 33.5 Å². The first kappa shape index (κ1) is 25.5. The minimum Gasteiger partial charge on any atom is -0.492 e. The van der Waals surface area contributed by atoms with Crippen LogP contribution in [0.2, 0.25) is 0 Å². The minimum absolute atomic E-state index is 0.152. The van der Waals surface area contributed by atoms with Gasteiger partial charge in [-0.1, -0.05) is 32.3 Å². The van der Waals surface area contributed by atoms with Crippen molar-refractivity contribution in [3.05, 3.63) is 52.5 Å². The zero-order valence-electron chi connectivity index (χ0n) is 18.9. The Morgan fingerprint density at radius 1 is 1.18 bits per heavy atom. The molecule has 1 fully saturated rings. The fourth-order valence-corrected chi connectivity index (χ4v) is 4.14. The summed E-state index contributed by atoms with van der Waals surface area (Å²) in [7, 11) is 0. The van der Waals surface area contributed by atoms with Crippen molar-refractivity contribution < 1.29 is 19.0 Å². The third kappa shape index (κ3) is 8.61. The van der Waals surface area contributed by atoms with E-state index in [1.807, 2.05) is 24.3 Å². The summed E-state index contributed by atoms with van der Waals surface area (Å²) < 4.78 is 17.9. The Kier molecular flexibility index (Phi) is 10.4. The first-order valence-corrected chi connectivity index (χ1v) is 12.6. The first-order chi connectivity index (χ1) is 16.0. The van der Waals surface area contributed by atoms with Gasteiger partial charge in [0.05, 0.1) is 17.2 Å². The summed E-state index contributed by atoms with van der Waals surface area (Å²) >= 11 is 8.81. The van der Waals surface area contributed by atoms with Crippen molar-refractivity contribution in [1.82, 2.24) is 5.32 Å². The molecule has 178 valence electrons. The van der Waals surface area contributed by atoms with Crippen LogP contribution in [-0.2, 0) is 4.74 Å². The second kappa shape index (κ2) is 13.5. The number of unbranched alkanes of at least 4 members (excludes halogenated alkanes) is 3. The lowest BCUT2D eigenvalue weighted by atomic mass is 10.2. The van der Waals surface area contributed by atoms with E-state index in [1.54, 1.807) is 18.2 Å². The highest BCUT2D eigenvalue weighted by atomic mass is 79.9. The van der Waals surface area contributed by atoms with Gasteiger partial charge in [-0.2, -0.15) is 0 Å². The van der Waals surface area contributed by atoms with E-state index in [0.29, 0.717) is 18.8 Å². The largest absolute Gasteiger partial charge is 0.492 e. The molecule has 0 aromatic heterocycles. The van der Waals surface area contributed by atoms with Crippen LogP contribution in [0.1, 0.15) is 55.8 Å². The molecule has 1 amide bonds. The molecule has 33 heavy (non-hydrogen) atoms. The van der Waals surface area contributed by atoms with Crippen molar-refractivity contribution in [3.63, 3.8) is 0 Å². The average Bonchev–Trinajstić information content (AvgIpc) is 3.32. The fourth-order valence-electron chi connectivity index (χ4n) is 3.44. The number of amides is 1. The van der Waals surface area contributed by atoms with Gasteiger partial charge >= 0.3 is 0 Å². The van der Waals surface area contributed by atoms with E-state index >= 15 is 0 Å². The third-order valence-electron chi connectivity index (χ3n) is 5.23. The number of thiocarbonyl (C=S) groups is 1. The molecule has 6 nitrogen and oxygen atoms in total. The van der Waals surface area contributed by atoms with Gasteiger partial charge in [0.15, 0.2) is 5.11 Å². The van der Waals surface area contributed by atoms with Crippen LogP contribution in [0.4, 0.5) is 5.69 Å². The SMILES string of the molecule is CCCCCCOc1ccc(C(=O)NC(=S)Nc2cccc(OCC3CCCO3)c2)cc1Br. The van der Waals surface area contributed by atoms with Gasteiger partial charge in [-0.05, 0) is 77.7 Å². The molecule has 1 saturated heterocycles. The molecule has 1 aliphatic rings. The molecular formula is C25H31BrN2O4S. The predicted octanol–water partition coefficient (Wildman–Crippen LogP) is 6.09. The second-order valence-corrected chi connectivity index (χ2v) is 9.20. The number of anilines is 1. The maximum Gasteiger partial charge on any atom is 0.257 e. The van der Waals surface area contributed by atoms with Gasteiger partial charge in [0.25, 0.3) is 5.91 Å². The van der Waals surface area contributed by atoms with Crippen LogP contribution in [0.15, 0.2) is 46.9 Å². The molecule has 1 aliphatic heterocycles. The molecule has 0 spiro atoms. The lowest BCUT2D eigenvalue weighted by molar-refractivity contribution is 0.0680. The van der Waals surface area contributed by atoms with Crippen LogP contribution in [0.25, 0.3) is 0 Å². The molecule has 2 aromatic carbocycles. The molecule has 8 heteroatoms. The van der Waals surface area contributed by atoms with Gasteiger partial charge in [0.2, 0.25) is 0 Å². The topological polar surface area (TPSA) is 68.8 Å².